The van der Waals surface area contributed by atoms with E-state index >= 15 is 0 Å². The maximum Gasteiger partial charge on any atom is 0.224 e. The van der Waals surface area contributed by atoms with Gasteiger partial charge in [0.05, 0.1) is 12.2 Å². The van der Waals surface area contributed by atoms with Crippen LogP contribution in [0.4, 0.5) is 11.4 Å². The van der Waals surface area contributed by atoms with Gasteiger partial charge in [-0.3, -0.25) is 4.79 Å². The fourth-order valence-electron chi connectivity index (χ4n) is 3.68. The number of nitrogens with zero attached hydrogens (tertiary/aromatic N) is 3. The number of piperazine rings is 1. The monoisotopic (exact) mass is 423 g/mol. The maximum atomic E-state index is 11.9. The summed E-state index contributed by atoms with van der Waals surface area (Å²) in [6, 6.07) is 15.3. The number of aromatic hydroxyl groups is 1. The Morgan fingerprint density at radius 2 is 1.84 bits per heavy atom. The van der Waals surface area contributed by atoms with Gasteiger partial charge < -0.3 is 25.5 Å². The maximum absolute atomic E-state index is 11.9. The lowest BCUT2D eigenvalue weighted by Gasteiger charge is -2.37. The molecule has 31 heavy (non-hydrogen) atoms. The van der Waals surface area contributed by atoms with Gasteiger partial charge in [0.2, 0.25) is 5.91 Å². The number of phenols is 1. The first-order valence-electron chi connectivity index (χ1n) is 11.1. The Morgan fingerprint density at radius 3 is 2.55 bits per heavy atom. The summed E-state index contributed by atoms with van der Waals surface area (Å²) >= 11 is 0. The van der Waals surface area contributed by atoms with Crippen molar-refractivity contribution in [3.05, 3.63) is 54.1 Å². The molecule has 0 saturated carbocycles. The molecule has 0 radical (unpaired) electrons. The molecule has 3 N–H and O–H groups in total. The number of aliphatic imine (C=N–C) groups is 1. The minimum absolute atomic E-state index is 0.0406. The Kier molecular flexibility index (Phi) is 8.15. The quantitative estimate of drug-likeness (QED) is 0.470. The summed E-state index contributed by atoms with van der Waals surface area (Å²) in [6.45, 7) is 8.70. The van der Waals surface area contributed by atoms with Gasteiger partial charge >= 0.3 is 0 Å². The van der Waals surface area contributed by atoms with Crippen LogP contribution in [0.1, 0.15) is 32.3 Å². The molecule has 7 heteroatoms. The van der Waals surface area contributed by atoms with E-state index in [1.165, 1.54) is 0 Å². The number of anilines is 2. The molecule has 0 unspecified atom stereocenters. The molecule has 0 atom stereocenters. The van der Waals surface area contributed by atoms with E-state index in [0.717, 1.165) is 62.0 Å². The van der Waals surface area contributed by atoms with Crippen molar-refractivity contribution in [3.8, 4) is 5.75 Å². The SMILES string of the molecule is CCCC(=O)Nc1cccc(CN=C(NCC)N2CCN(c3ccccc3O)CC2)c1. The van der Waals surface area contributed by atoms with Gasteiger partial charge in [0.1, 0.15) is 5.75 Å². The van der Waals surface area contributed by atoms with E-state index in [4.69, 9.17) is 4.99 Å². The first-order chi connectivity index (χ1) is 15.1. The average molecular weight is 424 g/mol. The Morgan fingerprint density at radius 1 is 1.06 bits per heavy atom. The highest BCUT2D eigenvalue weighted by Gasteiger charge is 2.21. The van der Waals surface area contributed by atoms with E-state index in [-0.39, 0.29) is 5.91 Å². The summed E-state index contributed by atoms with van der Waals surface area (Å²) in [4.78, 5) is 21.1. The van der Waals surface area contributed by atoms with Gasteiger partial charge in [-0.2, -0.15) is 0 Å². The molecule has 1 fully saturated rings. The third-order valence-electron chi connectivity index (χ3n) is 5.24. The number of carbonyl (C=O) groups is 1. The number of rotatable bonds is 7. The van der Waals surface area contributed by atoms with Crippen molar-refractivity contribution < 1.29 is 9.90 Å². The largest absolute Gasteiger partial charge is 0.506 e. The smallest absolute Gasteiger partial charge is 0.224 e. The van der Waals surface area contributed by atoms with Crippen molar-refractivity contribution in [3.63, 3.8) is 0 Å². The van der Waals surface area contributed by atoms with Crippen molar-refractivity contribution in [1.29, 1.82) is 0 Å². The standard InChI is InChI=1S/C24H33N5O2/c1-3-8-23(31)27-20-10-7-9-19(17-20)18-26-24(25-4-2)29-15-13-28(14-16-29)21-11-5-6-12-22(21)30/h5-7,9-12,17,30H,3-4,8,13-16,18H2,1-2H3,(H,25,26)(H,27,31). The van der Waals surface area contributed by atoms with E-state index < -0.39 is 0 Å². The molecule has 1 aliphatic heterocycles. The molecule has 1 amide bonds. The number of amides is 1. The number of para-hydroxylation sites is 2. The molecule has 2 aromatic carbocycles. The van der Waals surface area contributed by atoms with Gasteiger partial charge in [0.15, 0.2) is 5.96 Å². The molecular formula is C24H33N5O2. The van der Waals surface area contributed by atoms with Crippen molar-refractivity contribution in [2.75, 3.05) is 42.9 Å². The zero-order valence-electron chi connectivity index (χ0n) is 18.5. The summed E-state index contributed by atoms with van der Waals surface area (Å²) in [5.41, 5.74) is 2.75. The van der Waals surface area contributed by atoms with Crippen LogP contribution < -0.4 is 15.5 Å². The zero-order valence-corrected chi connectivity index (χ0v) is 18.5. The molecule has 3 rings (SSSR count). The topological polar surface area (TPSA) is 80.2 Å². The molecule has 1 heterocycles. The highest BCUT2D eigenvalue weighted by Crippen LogP contribution is 2.27. The van der Waals surface area contributed by atoms with Crippen molar-refractivity contribution in [1.82, 2.24) is 10.2 Å². The van der Waals surface area contributed by atoms with Gasteiger partial charge in [-0.15, -0.1) is 0 Å². The molecule has 0 spiro atoms. The van der Waals surface area contributed by atoms with Crippen molar-refractivity contribution in [2.24, 2.45) is 4.99 Å². The molecule has 0 aromatic heterocycles. The Bertz CT molecular complexity index is 891. The summed E-state index contributed by atoms with van der Waals surface area (Å²) in [5, 5.41) is 16.5. The zero-order chi connectivity index (χ0) is 22.1. The first-order valence-corrected chi connectivity index (χ1v) is 11.1. The summed E-state index contributed by atoms with van der Waals surface area (Å²) in [6.07, 6.45) is 1.36. The number of hydrogen-bond donors (Lipinski definition) is 3. The van der Waals surface area contributed by atoms with Crippen molar-refractivity contribution in [2.45, 2.75) is 33.2 Å². The third-order valence-corrected chi connectivity index (χ3v) is 5.24. The van der Waals surface area contributed by atoms with Gasteiger partial charge in [0.25, 0.3) is 0 Å². The van der Waals surface area contributed by atoms with Crippen LogP contribution in [-0.2, 0) is 11.3 Å². The predicted molar refractivity (Wildman–Crippen MR) is 127 cm³/mol. The number of benzene rings is 2. The molecule has 0 bridgehead atoms. The normalized spacial score (nSPS) is 14.5. The number of carbonyl (C=O) groups excluding carboxylic acids is 1. The average Bonchev–Trinajstić information content (AvgIpc) is 2.77. The van der Waals surface area contributed by atoms with E-state index in [9.17, 15) is 9.90 Å². The van der Waals surface area contributed by atoms with E-state index in [2.05, 4.69) is 27.4 Å². The second-order valence-electron chi connectivity index (χ2n) is 7.63. The molecular weight excluding hydrogens is 390 g/mol. The van der Waals surface area contributed by atoms with E-state index in [1.807, 2.05) is 49.4 Å². The van der Waals surface area contributed by atoms with E-state index in [0.29, 0.717) is 18.7 Å². The van der Waals surface area contributed by atoms with Gasteiger partial charge in [-0.25, -0.2) is 4.99 Å². The Hall–Kier alpha value is -3.22. The van der Waals surface area contributed by atoms with Crippen LogP contribution in [-0.4, -0.2) is 54.6 Å². The van der Waals surface area contributed by atoms with Crippen LogP contribution >= 0.6 is 0 Å². The molecule has 166 valence electrons. The van der Waals surface area contributed by atoms with Gasteiger partial charge in [-0.1, -0.05) is 31.2 Å². The fourth-order valence-corrected chi connectivity index (χ4v) is 3.68. The highest BCUT2D eigenvalue weighted by atomic mass is 16.3. The minimum Gasteiger partial charge on any atom is -0.506 e. The van der Waals surface area contributed by atoms with Crippen LogP contribution in [0.5, 0.6) is 5.75 Å². The summed E-state index contributed by atoms with van der Waals surface area (Å²) in [5.74, 6) is 1.25. The third kappa shape index (κ3) is 6.38. The molecule has 7 nitrogen and oxygen atoms in total. The minimum atomic E-state index is 0.0406. The lowest BCUT2D eigenvalue weighted by Crippen LogP contribution is -2.52. The van der Waals surface area contributed by atoms with Crippen LogP contribution in [0.15, 0.2) is 53.5 Å². The van der Waals surface area contributed by atoms with E-state index in [1.54, 1.807) is 6.07 Å². The van der Waals surface area contributed by atoms with Gasteiger partial charge in [0, 0.05) is 44.8 Å². The fraction of sp³-hybridized carbons (Fsp3) is 0.417. The second-order valence-corrected chi connectivity index (χ2v) is 7.63. The number of phenolic OH excluding ortho intramolecular Hbond substituents is 1. The molecule has 2 aromatic rings. The summed E-state index contributed by atoms with van der Waals surface area (Å²) < 4.78 is 0. The van der Waals surface area contributed by atoms with Crippen LogP contribution in [0, 0.1) is 0 Å². The molecule has 1 saturated heterocycles. The number of hydrogen-bond acceptors (Lipinski definition) is 4. The molecule has 0 aliphatic carbocycles. The van der Waals surface area contributed by atoms with Crippen LogP contribution in [0.25, 0.3) is 0 Å². The Balaban J connectivity index is 1.62. The van der Waals surface area contributed by atoms with Gasteiger partial charge in [-0.05, 0) is 43.2 Å². The predicted octanol–water partition coefficient (Wildman–Crippen LogP) is 3.42. The number of guanidine groups is 1. The molecule has 1 aliphatic rings. The highest BCUT2D eigenvalue weighted by molar-refractivity contribution is 5.90. The summed E-state index contributed by atoms with van der Waals surface area (Å²) in [7, 11) is 0. The lowest BCUT2D eigenvalue weighted by molar-refractivity contribution is -0.116. The Labute approximate surface area is 184 Å². The number of nitrogens with one attached hydrogen (secondary N) is 2. The van der Waals surface area contributed by atoms with Crippen LogP contribution in [0.2, 0.25) is 0 Å². The first kappa shape index (κ1) is 22.5. The lowest BCUT2D eigenvalue weighted by atomic mass is 10.2. The van der Waals surface area contributed by atoms with Crippen molar-refractivity contribution >= 4 is 23.2 Å². The second kappa shape index (κ2) is 11.2. The van der Waals surface area contributed by atoms with Crippen LogP contribution in [0.3, 0.4) is 0 Å².